The number of nitrogens with zero attached hydrogens (tertiary/aromatic N) is 1. The van der Waals surface area contributed by atoms with Crippen LogP contribution in [-0.2, 0) is 9.53 Å². The minimum atomic E-state index is -0.443. The molecule has 2 unspecified atom stereocenters. The third-order valence-corrected chi connectivity index (χ3v) is 6.30. The summed E-state index contributed by atoms with van der Waals surface area (Å²) in [4.78, 5) is 14.9. The van der Waals surface area contributed by atoms with Crippen molar-refractivity contribution in [3.8, 4) is 0 Å². The van der Waals surface area contributed by atoms with Gasteiger partial charge in [0.1, 0.15) is 5.54 Å². The van der Waals surface area contributed by atoms with Crippen molar-refractivity contribution in [2.45, 2.75) is 75.4 Å². The molecule has 0 aromatic heterocycles. The lowest BCUT2D eigenvalue weighted by molar-refractivity contribution is -0.148. The predicted molar refractivity (Wildman–Crippen MR) is 83.1 cm³/mol. The van der Waals surface area contributed by atoms with Gasteiger partial charge in [-0.25, -0.2) is 0 Å². The van der Waals surface area contributed by atoms with Crippen LogP contribution in [0.15, 0.2) is 0 Å². The van der Waals surface area contributed by atoms with Crippen molar-refractivity contribution in [1.29, 1.82) is 0 Å². The number of likely N-dealkylation sites (N-methyl/N-ethyl adjacent to an activating group) is 1. The number of fused-ring (bicyclic) bond motifs is 1. The standard InChI is InChI=1S/C17H30N2O2/c1-18-17(16(20)21-2)10-9-14(12-17)19-11-5-7-13-6-3-4-8-15(13)19/h13-15,18H,3-12H2,1-2H3/t13-,14?,15-,17?/m1/s1. The molecular weight excluding hydrogens is 264 g/mol. The lowest BCUT2D eigenvalue weighted by atomic mass is 9.77. The Hall–Kier alpha value is -0.610. The average molecular weight is 294 g/mol. The van der Waals surface area contributed by atoms with Crippen molar-refractivity contribution < 1.29 is 9.53 Å². The topological polar surface area (TPSA) is 41.6 Å². The fourth-order valence-corrected chi connectivity index (χ4v) is 5.13. The number of hydrogen-bond donors (Lipinski definition) is 1. The molecule has 1 saturated heterocycles. The monoisotopic (exact) mass is 294 g/mol. The molecule has 0 bridgehead atoms. The van der Waals surface area contributed by atoms with Gasteiger partial charge in [0.05, 0.1) is 7.11 Å². The van der Waals surface area contributed by atoms with E-state index in [9.17, 15) is 4.79 Å². The van der Waals surface area contributed by atoms with E-state index in [4.69, 9.17) is 4.74 Å². The molecule has 0 aromatic rings. The molecule has 21 heavy (non-hydrogen) atoms. The molecule has 3 aliphatic rings. The zero-order chi connectivity index (χ0) is 14.9. The number of esters is 1. The lowest BCUT2D eigenvalue weighted by Gasteiger charge is -2.47. The number of carbonyl (C=O) groups is 1. The van der Waals surface area contributed by atoms with Crippen LogP contribution < -0.4 is 5.32 Å². The second-order valence-electron chi connectivity index (χ2n) is 7.21. The van der Waals surface area contributed by atoms with Crippen molar-refractivity contribution in [1.82, 2.24) is 10.2 Å². The van der Waals surface area contributed by atoms with E-state index in [0.29, 0.717) is 6.04 Å². The first kappa shape index (κ1) is 15.3. The fraction of sp³-hybridized carbons (Fsp3) is 0.941. The number of piperidine rings is 1. The number of rotatable bonds is 3. The molecule has 0 aromatic carbocycles. The Morgan fingerprint density at radius 3 is 2.71 bits per heavy atom. The summed E-state index contributed by atoms with van der Waals surface area (Å²) in [7, 11) is 3.41. The van der Waals surface area contributed by atoms with Crippen LogP contribution in [0.4, 0.5) is 0 Å². The number of likely N-dealkylation sites (tertiary alicyclic amines) is 1. The fourth-order valence-electron chi connectivity index (χ4n) is 5.13. The SMILES string of the molecule is CNC1(C(=O)OC)CCC(N2CCC[C@H]3CCCC[C@H]32)C1. The van der Waals surface area contributed by atoms with Gasteiger partial charge in [0, 0.05) is 12.1 Å². The molecule has 2 saturated carbocycles. The number of hydrogen-bond acceptors (Lipinski definition) is 4. The normalized spacial score (nSPS) is 40.8. The Balaban J connectivity index is 1.71. The summed E-state index contributed by atoms with van der Waals surface area (Å²) in [6, 6.07) is 1.34. The van der Waals surface area contributed by atoms with Crippen LogP contribution in [0.1, 0.15) is 57.8 Å². The van der Waals surface area contributed by atoms with E-state index < -0.39 is 5.54 Å². The molecule has 1 aliphatic heterocycles. The van der Waals surface area contributed by atoms with Gasteiger partial charge < -0.3 is 10.1 Å². The van der Waals surface area contributed by atoms with Gasteiger partial charge in [-0.3, -0.25) is 9.69 Å². The van der Waals surface area contributed by atoms with Gasteiger partial charge in [0.25, 0.3) is 0 Å². The Morgan fingerprint density at radius 1 is 1.19 bits per heavy atom. The maximum Gasteiger partial charge on any atom is 0.326 e. The van der Waals surface area contributed by atoms with E-state index in [1.165, 1.54) is 52.2 Å². The van der Waals surface area contributed by atoms with Crippen LogP contribution in [0.3, 0.4) is 0 Å². The van der Waals surface area contributed by atoms with Crippen LogP contribution in [0.5, 0.6) is 0 Å². The quantitative estimate of drug-likeness (QED) is 0.811. The third kappa shape index (κ3) is 2.72. The molecule has 4 atom stereocenters. The van der Waals surface area contributed by atoms with E-state index in [0.717, 1.165) is 31.2 Å². The number of ether oxygens (including phenoxy) is 1. The number of nitrogens with one attached hydrogen (secondary N) is 1. The van der Waals surface area contributed by atoms with Crippen LogP contribution in [0, 0.1) is 5.92 Å². The van der Waals surface area contributed by atoms with Crippen molar-refractivity contribution in [2.24, 2.45) is 5.92 Å². The Bertz CT molecular complexity index is 385. The first-order valence-corrected chi connectivity index (χ1v) is 8.73. The van der Waals surface area contributed by atoms with Gasteiger partial charge in [-0.1, -0.05) is 12.8 Å². The van der Waals surface area contributed by atoms with E-state index in [-0.39, 0.29) is 5.97 Å². The molecule has 4 heteroatoms. The molecule has 0 amide bonds. The Kier molecular flexibility index (Phi) is 4.55. The third-order valence-electron chi connectivity index (χ3n) is 6.30. The molecule has 1 N–H and O–H groups in total. The summed E-state index contributed by atoms with van der Waals surface area (Å²) in [5.74, 6) is 0.833. The molecule has 3 fully saturated rings. The van der Waals surface area contributed by atoms with E-state index >= 15 is 0 Å². The Morgan fingerprint density at radius 2 is 1.95 bits per heavy atom. The summed E-state index contributed by atoms with van der Waals surface area (Å²) in [5.41, 5.74) is -0.443. The largest absolute Gasteiger partial charge is 0.468 e. The van der Waals surface area contributed by atoms with Gasteiger partial charge in [0.2, 0.25) is 0 Å². The highest BCUT2D eigenvalue weighted by Crippen LogP contribution is 2.41. The number of methoxy groups -OCH3 is 1. The summed E-state index contributed by atoms with van der Waals surface area (Å²) in [6.07, 6.45) is 11.3. The van der Waals surface area contributed by atoms with Crippen molar-refractivity contribution >= 4 is 5.97 Å². The van der Waals surface area contributed by atoms with Gasteiger partial charge in [0.15, 0.2) is 0 Å². The maximum atomic E-state index is 12.2. The first-order valence-electron chi connectivity index (χ1n) is 8.73. The average Bonchev–Trinajstić information content (AvgIpc) is 2.99. The van der Waals surface area contributed by atoms with Crippen molar-refractivity contribution in [3.05, 3.63) is 0 Å². The number of carbonyl (C=O) groups excluding carboxylic acids is 1. The van der Waals surface area contributed by atoms with Crippen molar-refractivity contribution in [2.75, 3.05) is 20.7 Å². The minimum Gasteiger partial charge on any atom is -0.468 e. The van der Waals surface area contributed by atoms with Gasteiger partial charge in [-0.05, 0) is 64.5 Å². The van der Waals surface area contributed by atoms with Crippen LogP contribution in [0.2, 0.25) is 0 Å². The summed E-state index contributed by atoms with van der Waals surface area (Å²) in [6.45, 7) is 1.23. The second-order valence-corrected chi connectivity index (χ2v) is 7.21. The zero-order valence-electron chi connectivity index (χ0n) is 13.6. The molecule has 0 radical (unpaired) electrons. The molecule has 2 aliphatic carbocycles. The highest BCUT2D eigenvalue weighted by molar-refractivity contribution is 5.81. The molecule has 120 valence electrons. The molecule has 1 heterocycles. The smallest absolute Gasteiger partial charge is 0.326 e. The second kappa shape index (κ2) is 6.25. The highest BCUT2D eigenvalue weighted by Gasteiger charge is 2.48. The van der Waals surface area contributed by atoms with Crippen LogP contribution >= 0.6 is 0 Å². The van der Waals surface area contributed by atoms with Crippen LogP contribution in [0.25, 0.3) is 0 Å². The zero-order valence-corrected chi connectivity index (χ0v) is 13.6. The first-order chi connectivity index (χ1) is 10.2. The minimum absolute atomic E-state index is 0.0790. The van der Waals surface area contributed by atoms with Crippen molar-refractivity contribution in [3.63, 3.8) is 0 Å². The summed E-state index contributed by atoms with van der Waals surface area (Å²) < 4.78 is 5.05. The molecule has 0 spiro atoms. The Labute approximate surface area is 128 Å². The summed E-state index contributed by atoms with van der Waals surface area (Å²) in [5, 5.41) is 3.27. The van der Waals surface area contributed by atoms with E-state index in [2.05, 4.69) is 10.2 Å². The predicted octanol–water partition coefficient (Wildman–Crippen LogP) is 2.32. The molecular formula is C17H30N2O2. The molecule has 4 nitrogen and oxygen atoms in total. The maximum absolute atomic E-state index is 12.2. The van der Waals surface area contributed by atoms with E-state index in [1.54, 1.807) is 0 Å². The summed E-state index contributed by atoms with van der Waals surface area (Å²) >= 11 is 0. The van der Waals surface area contributed by atoms with Gasteiger partial charge in [-0.2, -0.15) is 0 Å². The molecule has 3 rings (SSSR count). The highest BCUT2D eigenvalue weighted by atomic mass is 16.5. The van der Waals surface area contributed by atoms with Crippen LogP contribution in [-0.4, -0.2) is 49.2 Å². The van der Waals surface area contributed by atoms with E-state index in [1.807, 2.05) is 7.05 Å². The van der Waals surface area contributed by atoms with Gasteiger partial charge in [-0.15, -0.1) is 0 Å². The van der Waals surface area contributed by atoms with Gasteiger partial charge >= 0.3 is 5.97 Å². The lowest BCUT2D eigenvalue weighted by Crippen LogP contribution is -2.54.